The van der Waals surface area contributed by atoms with E-state index in [2.05, 4.69) is 37.8 Å². The molecule has 0 bridgehead atoms. The Morgan fingerprint density at radius 2 is 2.06 bits per heavy atom. The van der Waals surface area contributed by atoms with Crippen LogP contribution >= 0.6 is 0 Å². The van der Waals surface area contributed by atoms with Crippen molar-refractivity contribution in [2.75, 3.05) is 0 Å². The van der Waals surface area contributed by atoms with E-state index < -0.39 is 0 Å². The maximum Gasteiger partial charge on any atom is 0.255 e. The highest BCUT2D eigenvalue weighted by molar-refractivity contribution is 5.29. The van der Waals surface area contributed by atoms with Crippen LogP contribution in [-0.4, -0.2) is 19.2 Å². The molecule has 0 unspecified atom stereocenters. The quantitative estimate of drug-likeness (QED) is 0.833. The Labute approximate surface area is 106 Å². The van der Waals surface area contributed by atoms with E-state index in [1.807, 2.05) is 0 Å². The molecule has 0 radical (unpaired) electrons. The summed E-state index contributed by atoms with van der Waals surface area (Å²) in [7, 11) is 0. The highest BCUT2D eigenvalue weighted by atomic mass is 16.1. The monoisotopic (exact) mass is 248 g/mol. The minimum absolute atomic E-state index is 0.00822. The molecule has 2 rings (SSSR count). The van der Waals surface area contributed by atoms with Crippen molar-refractivity contribution in [3.63, 3.8) is 0 Å². The summed E-state index contributed by atoms with van der Waals surface area (Å²) in [6.45, 7) is 9.04. The molecule has 2 aromatic rings. The number of hydrogen-bond donors (Lipinski definition) is 0. The van der Waals surface area contributed by atoms with E-state index >= 15 is 0 Å². The van der Waals surface area contributed by atoms with Crippen LogP contribution in [0.25, 0.3) is 5.78 Å². The van der Waals surface area contributed by atoms with Crippen molar-refractivity contribution in [3.05, 3.63) is 28.4 Å². The Hall–Kier alpha value is -1.65. The lowest BCUT2D eigenvalue weighted by Crippen LogP contribution is -2.29. The van der Waals surface area contributed by atoms with Crippen molar-refractivity contribution in [2.45, 2.75) is 47.1 Å². The molecule has 0 atom stereocenters. The van der Waals surface area contributed by atoms with Gasteiger partial charge in [0.05, 0.1) is 5.69 Å². The van der Waals surface area contributed by atoms with Crippen LogP contribution in [0.4, 0.5) is 0 Å². The first-order valence-corrected chi connectivity index (χ1v) is 6.35. The van der Waals surface area contributed by atoms with Gasteiger partial charge < -0.3 is 0 Å². The van der Waals surface area contributed by atoms with Crippen LogP contribution in [0, 0.1) is 5.41 Å². The second-order valence-electron chi connectivity index (χ2n) is 5.84. The smallest absolute Gasteiger partial charge is 0.255 e. The molecular formula is C13H20N4O. The molecule has 0 aromatic carbocycles. The van der Waals surface area contributed by atoms with Gasteiger partial charge in [0.1, 0.15) is 6.33 Å². The van der Waals surface area contributed by atoms with Crippen molar-refractivity contribution in [1.29, 1.82) is 0 Å². The van der Waals surface area contributed by atoms with Gasteiger partial charge in [0.2, 0.25) is 5.78 Å². The topological polar surface area (TPSA) is 52.2 Å². The second kappa shape index (κ2) is 4.55. The number of nitrogens with zero attached hydrogens (tertiary/aromatic N) is 4. The molecule has 0 N–H and O–H groups in total. The predicted octanol–water partition coefficient (Wildman–Crippen LogP) is 1.89. The van der Waals surface area contributed by atoms with Crippen molar-refractivity contribution < 1.29 is 0 Å². The largest absolute Gasteiger partial charge is 0.276 e. The average molecular weight is 248 g/mol. The summed E-state index contributed by atoms with van der Waals surface area (Å²) in [5.41, 5.74) is 0.969. The summed E-state index contributed by atoms with van der Waals surface area (Å²) in [4.78, 5) is 16.4. The summed E-state index contributed by atoms with van der Waals surface area (Å²) in [6, 6.07) is 1.68. The van der Waals surface area contributed by atoms with Gasteiger partial charge in [0, 0.05) is 12.6 Å². The Morgan fingerprint density at radius 3 is 2.67 bits per heavy atom. The third-order valence-corrected chi connectivity index (χ3v) is 2.74. The van der Waals surface area contributed by atoms with Crippen molar-refractivity contribution in [1.82, 2.24) is 19.2 Å². The van der Waals surface area contributed by atoms with E-state index in [9.17, 15) is 4.79 Å². The molecule has 5 heteroatoms. The van der Waals surface area contributed by atoms with E-state index in [1.165, 1.54) is 6.33 Å². The molecule has 18 heavy (non-hydrogen) atoms. The van der Waals surface area contributed by atoms with E-state index in [0.29, 0.717) is 12.3 Å². The molecule has 0 saturated carbocycles. The number of hydrogen-bond acceptors (Lipinski definition) is 3. The van der Waals surface area contributed by atoms with Gasteiger partial charge in [-0.1, -0.05) is 34.1 Å². The molecule has 0 aliphatic rings. The highest BCUT2D eigenvalue weighted by Crippen LogP contribution is 2.16. The van der Waals surface area contributed by atoms with Gasteiger partial charge in [-0.05, 0) is 11.8 Å². The minimum atomic E-state index is 0.00822. The first kappa shape index (κ1) is 12.8. The van der Waals surface area contributed by atoms with E-state index in [4.69, 9.17) is 0 Å². The zero-order valence-corrected chi connectivity index (χ0v) is 11.5. The van der Waals surface area contributed by atoms with Crippen LogP contribution in [0.1, 0.15) is 39.8 Å². The molecule has 0 aliphatic heterocycles. The molecule has 2 heterocycles. The lowest BCUT2D eigenvalue weighted by Gasteiger charge is -2.20. The molecule has 5 nitrogen and oxygen atoms in total. The molecule has 0 spiro atoms. The fraction of sp³-hybridized carbons (Fsp3) is 0.615. The van der Waals surface area contributed by atoms with Crippen LogP contribution in [0.2, 0.25) is 0 Å². The van der Waals surface area contributed by atoms with Crippen LogP contribution in [0.5, 0.6) is 0 Å². The Bertz CT molecular complexity index is 603. The zero-order chi connectivity index (χ0) is 13.3. The lowest BCUT2D eigenvalue weighted by atomic mass is 9.97. The summed E-state index contributed by atoms with van der Waals surface area (Å²) in [6.07, 6.45) is 3.33. The van der Waals surface area contributed by atoms with E-state index in [0.717, 1.165) is 18.5 Å². The number of aryl methyl sites for hydroxylation is 1. The van der Waals surface area contributed by atoms with Crippen LogP contribution in [0.15, 0.2) is 17.2 Å². The third-order valence-electron chi connectivity index (χ3n) is 2.74. The fourth-order valence-electron chi connectivity index (χ4n) is 2.06. The van der Waals surface area contributed by atoms with Gasteiger partial charge in [-0.25, -0.2) is 4.52 Å². The van der Waals surface area contributed by atoms with Crippen LogP contribution in [0.3, 0.4) is 0 Å². The molecule has 0 fully saturated rings. The maximum absolute atomic E-state index is 12.2. The molecular weight excluding hydrogens is 228 g/mol. The van der Waals surface area contributed by atoms with Gasteiger partial charge in [0.15, 0.2) is 0 Å². The van der Waals surface area contributed by atoms with Gasteiger partial charge in [-0.15, -0.1) is 0 Å². The van der Waals surface area contributed by atoms with Crippen molar-refractivity contribution in [2.24, 2.45) is 5.41 Å². The Balaban J connectivity index is 2.61. The predicted molar refractivity (Wildman–Crippen MR) is 70.7 cm³/mol. The Morgan fingerprint density at radius 1 is 1.33 bits per heavy atom. The summed E-state index contributed by atoms with van der Waals surface area (Å²) in [5, 5.41) is 4.21. The first-order valence-electron chi connectivity index (χ1n) is 6.35. The normalized spacial score (nSPS) is 12.2. The summed E-state index contributed by atoms with van der Waals surface area (Å²) >= 11 is 0. The molecule has 0 aliphatic carbocycles. The van der Waals surface area contributed by atoms with Crippen molar-refractivity contribution in [3.8, 4) is 0 Å². The first-order chi connectivity index (χ1) is 8.42. The highest BCUT2D eigenvalue weighted by Gasteiger charge is 2.16. The third kappa shape index (κ3) is 2.44. The summed E-state index contributed by atoms with van der Waals surface area (Å²) < 4.78 is 3.47. The van der Waals surface area contributed by atoms with Gasteiger partial charge in [-0.2, -0.15) is 10.1 Å². The summed E-state index contributed by atoms with van der Waals surface area (Å²) in [5.74, 6) is 0.640. The van der Waals surface area contributed by atoms with E-state index in [1.54, 1.807) is 15.1 Å². The van der Waals surface area contributed by atoms with Gasteiger partial charge in [0.25, 0.3) is 5.56 Å². The fourth-order valence-corrected chi connectivity index (χ4v) is 2.06. The van der Waals surface area contributed by atoms with Crippen LogP contribution < -0.4 is 5.56 Å². The number of rotatable bonds is 3. The minimum Gasteiger partial charge on any atom is -0.276 e. The molecule has 98 valence electrons. The lowest BCUT2D eigenvalue weighted by molar-refractivity contribution is 0.340. The average Bonchev–Trinajstić information content (AvgIpc) is 2.71. The zero-order valence-electron chi connectivity index (χ0n) is 11.5. The standard InChI is InChI=1S/C13H20N4O/c1-5-6-10-7-11(18)16(8-13(2,3)4)12-14-9-15-17(10)12/h7,9H,5-6,8H2,1-4H3. The molecule has 0 amide bonds. The molecule has 2 aromatic heterocycles. The van der Waals surface area contributed by atoms with E-state index in [-0.39, 0.29) is 11.0 Å². The number of aromatic nitrogens is 4. The number of fused-ring (bicyclic) bond motifs is 1. The second-order valence-corrected chi connectivity index (χ2v) is 5.84. The SMILES string of the molecule is CCCc1cc(=O)n(CC(C)(C)C)c2ncnn12. The van der Waals surface area contributed by atoms with Gasteiger partial charge >= 0.3 is 0 Å². The van der Waals surface area contributed by atoms with Crippen LogP contribution in [-0.2, 0) is 13.0 Å². The molecule has 0 saturated heterocycles. The Kier molecular flexibility index (Phi) is 3.24. The van der Waals surface area contributed by atoms with Crippen molar-refractivity contribution >= 4 is 5.78 Å². The maximum atomic E-state index is 12.2. The van der Waals surface area contributed by atoms with Gasteiger partial charge in [-0.3, -0.25) is 9.36 Å².